The van der Waals surface area contributed by atoms with Gasteiger partial charge in [0.15, 0.2) is 5.82 Å². The van der Waals surface area contributed by atoms with Gasteiger partial charge in [0.2, 0.25) is 0 Å². The first kappa shape index (κ1) is 17.0. The minimum absolute atomic E-state index is 0.0257. The third kappa shape index (κ3) is 2.33. The number of amidine groups is 1. The lowest BCUT2D eigenvalue weighted by molar-refractivity contribution is 0.0819. The lowest BCUT2D eigenvalue weighted by Gasteiger charge is -2.52. The van der Waals surface area contributed by atoms with Crippen LogP contribution in [0.1, 0.15) is 49.9 Å². The highest BCUT2D eigenvalue weighted by Gasteiger charge is 2.53. The summed E-state index contributed by atoms with van der Waals surface area (Å²) in [5, 5.41) is 21.3. The highest BCUT2D eigenvalue weighted by Crippen LogP contribution is 2.57. The van der Waals surface area contributed by atoms with E-state index in [1.807, 2.05) is 29.8 Å². The summed E-state index contributed by atoms with van der Waals surface area (Å²) in [5.74, 6) is 2.04. The molecule has 1 aromatic heterocycles. The molecule has 0 saturated heterocycles. The summed E-state index contributed by atoms with van der Waals surface area (Å²) >= 11 is 0. The number of halogens is 1. The Labute approximate surface area is 151 Å². The molecule has 3 fully saturated rings. The second-order valence-corrected chi connectivity index (χ2v) is 7.74. The van der Waals surface area contributed by atoms with E-state index in [2.05, 4.69) is 15.4 Å². The third-order valence-electron chi connectivity index (χ3n) is 6.65. The summed E-state index contributed by atoms with van der Waals surface area (Å²) in [6.45, 7) is -0.522. The average Bonchev–Trinajstić information content (AvgIpc) is 3.10. The first-order chi connectivity index (χ1) is 12.6. The van der Waals surface area contributed by atoms with Crippen LogP contribution in [0.5, 0.6) is 0 Å². The molecule has 5 rings (SSSR count). The molecule has 2 aromatic rings. The van der Waals surface area contributed by atoms with E-state index < -0.39 is 6.67 Å². The van der Waals surface area contributed by atoms with Crippen molar-refractivity contribution in [2.75, 3.05) is 0 Å². The molecule has 26 heavy (non-hydrogen) atoms. The average molecular weight is 357 g/mol. The number of hydrogen-bond donors (Lipinski definition) is 2. The van der Waals surface area contributed by atoms with Crippen LogP contribution in [0.4, 0.5) is 4.39 Å². The third-order valence-corrected chi connectivity index (χ3v) is 6.65. The molecule has 138 valence electrons. The zero-order valence-electron chi connectivity index (χ0n) is 15.0. The van der Waals surface area contributed by atoms with Gasteiger partial charge in [-0.2, -0.15) is 0 Å². The Bertz CT molecular complexity index is 835. The SMILES string of the molecule is Cn1c(-c2ccccc2CF)nnc1C12CCC(/C(N)=N\O)(CC1)CC2. The predicted molar refractivity (Wildman–Crippen MR) is 96.5 cm³/mol. The van der Waals surface area contributed by atoms with Crippen molar-refractivity contribution in [3.63, 3.8) is 0 Å². The summed E-state index contributed by atoms with van der Waals surface area (Å²) in [6, 6.07) is 7.41. The summed E-state index contributed by atoms with van der Waals surface area (Å²) in [4.78, 5) is 0. The molecular formula is C19H24FN5O. The van der Waals surface area contributed by atoms with Crippen molar-refractivity contribution in [2.45, 2.75) is 50.6 Å². The number of rotatable bonds is 4. The molecule has 3 aliphatic carbocycles. The van der Waals surface area contributed by atoms with E-state index >= 15 is 0 Å². The molecule has 3 N–H and O–H groups in total. The zero-order valence-corrected chi connectivity index (χ0v) is 15.0. The Kier molecular flexibility index (Phi) is 3.97. The Hall–Kier alpha value is -2.44. The molecule has 3 saturated carbocycles. The van der Waals surface area contributed by atoms with E-state index in [1.165, 1.54) is 0 Å². The fourth-order valence-electron chi connectivity index (χ4n) is 4.89. The maximum absolute atomic E-state index is 13.4. The van der Waals surface area contributed by atoms with Crippen LogP contribution >= 0.6 is 0 Å². The highest BCUT2D eigenvalue weighted by atomic mass is 19.1. The normalized spacial score (nSPS) is 28.5. The molecule has 0 amide bonds. The maximum atomic E-state index is 13.4. The number of nitrogens with two attached hydrogens (primary N) is 1. The number of aromatic nitrogens is 3. The second kappa shape index (κ2) is 6.07. The number of benzene rings is 1. The van der Waals surface area contributed by atoms with Crippen LogP contribution < -0.4 is 5.73 Å². The van der Waals surface area contributed by atoms with Crippen molar-refractivity contribution >= 4 is 5.84 Å². The van der Waals surface area contributed by atoms with Crippen molar-refractivity contribution in [1.29, 1.82) is 0 Å². The monoisotopic (exact) mass is 357 g/mol. The van der Waals surface area contributed by atoms with Gasteiger partial charge in [-0.15, -0.1) is 10.2 Å². The van der Waals surface area contributed by atoms with E-state index in [9.17, 15) is 4.39 Å². The molecule has 6 nitrogen and oxygen atoms in total. The van der Waals surface area contributed by atoms with Crippen LogP contribution in [0, 0.1) is 5.41 Å². The van der Waals surface area contributed by atoms with Gasteiger partial charge in [-0.25, -0.2) is 4.39 Å². The Morgan fingerprint density at radius 2 is 1.85 bits per heavy atom. The summed E-state index contributed by atoms with van der Waals surface area (Å²) < 4.78 is 15.4. The van der Waals surface area contributed by atoms with Gasteiger partial charge in [-0.05, 0) is 44.1 Å². The minimum Gasteiger partial charge on any atom is -0.409 e. The van der Waals surface area contributed by atoms with Crippen molar-refractivity contribution < 1.29 is 9.60 Å². The molecule has 0 aliphatic heterocycles. The molecule has 1 aromatic carbocycles. The van der Waals surface area contributed by atoms with E-state index in [0.717, 1.165) is 49.9 Å². The second-order valence-electron chi connectivity index (χ2n) is 7.74. The van der Waals surface area contributed by atoms with Gasteiger partial charge in [0.1, 0.15) is 18.3 Å². The minimum atomic E-state index is -0.522. The van der Waals surface area contributed by atoms with Crippen LogP contribution in [-0.4, -0.2) is 25.8 Å². The Morgan fingerprint density at radius 1 is 1.19 bits per heavy atom. The molecule has 1 heterocycles. The lowest BCUT2D eigenvalue weighted by atomic mass is 9.53. The number of oxime groups is 1. The lowest BCUT2D eigenvalue weighted by Crippen LogP contribution is -2.51. The molecule has 0 atom stereocenters. The van der Waals surface area contributed by atoms with E-state index in [0.29, 0.717) is 17.2 Å². The maximum Gasteiger partial charge on any atom is 0.164 e. The first-order valence-electron chi connectivity index (χ1n) is 9.07. The van der Waals surface area contributed by atoms with Gasteiger partial charge < -0.3 is 15.5 Å². The Morgan fingerprint density at radius 3 is 2.46 bits per heavy atom. The molecule has 2 bridgehead atoms. The molecule has 0 radical (unpaired) electrons. The fraction of sp³-hybridized carbons (Fsp3) is 0.526. The van der Waals surface area contributed by atoms with E-state index in [-0.39, 0.29) is 10.8 Å². The van der Waals surface area contributed by atoms with Crippen LogP contribution in [0.2, 0.25) is 0 Å². The van der Waals surface area contributed by atoms with Crippen LogP contribution in [0.25, 0.3) is 11.4 Å². The van der Waals surface area contributed by atoms with Gasteiger partial charge in [-0.3, -0.25) is 0 Å². The summed E-state index contributed by atoms with van der Waals surface area (Å²) in [5.41, 5.74) is 7.21. The van der Waals surface area contributed by atoms with Gasteiger partial charge in [0.25, 0.3) is 0 Å². The van der Waals surface area contributed by atoms with Gasteiger partial charge >= 0.3 is 0 Å². The van der Waals surface area contributed by atoms with Crippen LogP contribution in [0.3, 0.4) is 0 Å². The quantitative estimate of drug-likeness (QED) is 0.380. The highest BCUT2D eigenvalue weighted by molar-refractivity contribution is 5.86. The number of fused-ring (bicyclic) bond motifs is 3. The Balaban J connectivity index is 1.68. The van der Waals surface area contributed by atoms with Crippen molar-refractivity contribution in [3.05, 3.63) is 35.7 Å². The number of hydrogen-bond acceptors (Lipinski definition) is 4. The van der Waals surface area contributed by atoms with Crippen molar-refractivity contribution in [3.8, 4) is 11.4 Å². The summed E-state index contributed by atoms with van der Waals surface area (Å²) in [7, 11) is 1.97. The largest absolute Gasteiger partial charge is 0.409 e. The van der Waals surface area contributed by atoms with E-state index in [1.54, 1.807) is 6.07 Å². The molecule has 0 unspecified atom stereocenters. The first-order valence-corrected chi connectivity index (χ1v) is 9.07. The van der Waals surface area contributed by atoms with Crippen LogP contribution in [-0.2, 0) is 19.1 Å². The van der Waals surface area contributed by atoms with E-state index in [4.69, 9.17) is 10.9 Å². The molecule has 7 heteroatoms. The summed E-state index contributed by atoms with van der Waals surface area (Å²) in [6.07, 6.45) is 5.52. The standard InChI is InChI=1S/C19H24FN5O/c1-25-15(14-5-3-2-4-13(14)12-20)22-23-17(25)19-9-6-18(7-10-19,8-11-19)16(21)24-26/h2-5,26H,6-12H2,1H3,(H2,21,24). The predicted octanol–water partition coefficient (Wildman–Crippen LogP) is 3.29. The number of nitrogens with zero attached hydrogens (tertiary/aromatic N) is 4. The fourth-order valence-corrected chi connectivity index (χ4v) is 4.89. The van der Waals surface area contributed by atoms with Gasteiger partial charge in [0, 0.05) is 23.4 Å². The van der Waals surface area contributed by atoms with Crippen molar-refractivity contribution in [2.24, 2.45) is 23.4 Å². The van der Waals surface area contributed by atoms with Crippen LogP contribution in [0.15, 0.2) is 29.4 Å². The van der Waals surface area contributed by atoms with Gasteiger partial charge in [0.05, 0.1) is 0 Å². The van der Waals surface area contributed by atoms with Crippen molar-refractivity contribution in [1.82, 2.24) is 14.8 Å². The topological polar surface area (TPSA) is 89.3 Å². The number of alkyl halides is 1. The molecular weight excluding hydrogens is 333 g/mol. The zero-order chi connectivity index (χ0) is 18.4. The molecule has 3 aliphatic rings. The smallest absolute Gasteiger partial charge is 0.164 e. The molecule has 0 spiro atoms. The van der Waals surface area contributed by atoms with Gasteiger partial charge in [-0.1, -0.05) is 29.4 Å².